The third kappa shape index (κ3) is 1.43. The summed E-state index contributed by atoms with van der Waals surface area (Å²) in [6.07, 6.45) is 0. The molecule has 2 aromatic rings. The highest BCUT2D eigenvalue weighted by Crippen LogP contribution is 2.10. The lowest BCUT2D eigenvalue weighted by atomic mass is 10.3. The molecule has 5 heteroatoms. The molecule has 0 saturated heterocycles. The Balaban J connectivity index is 2.51. The summed E-state index contributed by atoms with van der Waals surface area (Å²) in [5.74, 6) is 4.51. The molecule has 0 unspecified atom stereocenters. The Hall–Kier alpha value is -1.59. The Morgan fingerprint density at radius 3 is 3.00 bits per heavy atom. The number of oxazole rings is 1. The van der Waals surface area contributed by atoms with Gasteiger partial charge in [0.05, 0.1) is 18.7 Å². The van der Waals surface area contributed by atoms with Gasteiger partial charge in [-0.2, -0.15) is 0 Å². The van der Waals surface area contributed by atoms with E-state index < -0.39 is 0 Å². The van der Waals surface area contributed by atoms with E-state index in [9.17, 15) is 4.79 Å². The molecule has 74 valence electrons. The Labute approximate surface area is 79.6 Å². The first-order chi connectivity index (χ1) is 6.83. The number of benzene rings is 1. The zero-order valence-electron chi connectivity index (χ0n) is 7.47. The maximum absolute atomic E-state index is 11.3. The van der Waals surface area contributed by atoms with E-state index in [1.54, 1.807) is 6.07 Å². The van der Waals surface area contributed by atoms with E-state index in [2.05, 4.69) is 4.84 Å². The molecular weight excluding hydrogens is 184 g/mol. The second-order valence-corrected chi connectivity index (χ2v) is 2.86. The first-order valence-electron chi connectivity index (χ1n) is 4.23. The van der Waals surface area contributed by atoms with Crippen molar-refractivity contribution in [3.8, 4) is 0 Å². The molecule has 0 aliphatic heterocycles. The van der Waals surface area contributed by atoms with Crippen LogP contribution in [-0.4, -0.2) is 11.2 Å². The number of nitrogens with zero attached hydrogens (tertiary/aromatic N) is 1. The first kappa shape index (κ1) is 8.98. The van der Waals surface area contributed by atoms with Gasteiger partial charge in [0.2, 0.25) is 0 Å². The highest BCUT2D eigenvalue weighted by atomic mass is 16.6. The lowest BCUT2D eigenvalue weighted by molar-refractivity contribution is 0.129. The molecule has 0 aliphatic carbocycles. The van der Waals surface area contributed by atoms with Gasteiger partial charge < -0.3 is 9.25 Å². The Morgan fingerprint density at radius 1 is 1.43 bits per heavy atom. The van der Waals surface area contributed by atoms with Crippen molar-refractivity contribution in [1.82, 2.24) is 4.57 Å². The van der Waals surface area contributed by atoms with E-state index in [-0.39, 0.29) is 12.4 Å². The summed E-state index contributed by atoms with van der Waals surface area (Å²) in [7, 11) is 0. The third-order valence-corrected chi connectivity index (χ3v) is 2.01. The monoisotopic (exact) mass is 194 g/mol. The van der Waals surface area contributed by atoms with Crippen LogP contribution < -0.4 is 11.7 Å². The SMILES string of the molecule is NOCCn1c(=O)oc2ccccc21. The lowest BCUT2D eigenvalue weighted by Gasteiger charge is -1.98. The molecular formula is C9H10N2O3. The van der Waals surface area contributed by atoms with Gasteiger partial charge in [-0.3, -0.25) is 4.57 Å². The van der Waals surface area contributed by atoms with Crippen molar-refractivity contribution < 1.29 is 9.25 Å². The zero-order valence-corrected chi connectivity index (χ0v) is 7.47. The Bertz CT molecular complexity index is 486. The topological polar surface area (TPSA) is 70.4 Å². The van der Waals surface area contributed by atoms with Gasteiger partial charge in [-0.25, -0.2) is 10.7 Å². The largest absolute Gasteiger partial charge is 0.420 e. The zero-order chi connectivity index (χ0) is 9.97. The molecule has 1 aromatic heterocycles. The van der Waals surface area contributed by atoms with Crippen LogP contribution in [0, 0.1) is 0 Å². The summed E-state index contributed by atoms with van der Waals surface area (Å²) >= 11 is 0. The number of para-hydroxylation sites is 2. The van der Waals surface area contributed by atoms with Crippen molar-refractivity contribution in [2.24, 2.45) is 5.90 Å². The predicted octanol–water partition coefficient (Wildman–Crippen LogP) is 0.485. The molecule has 0 radical (unpaired) electrons. The van der Waals surface area contributed by atoms with E-state index in [0.717, 1.165) is 5.52 Å². The summed E-state index contributed by atoms with van der Waals surface area (Å²) < 4.78 is 6.50. The van der Waals surface area contributed by atoms with E-state index in [1.165, 1.54) is 4.57 Å². The average Bonchev–Trinajstić information content (AvgIpc) is 2.51. The standard InChI is InChI=1S/C9H10N2O3/c10-13-6-5-11-7-3-1-2-4-8(7)14-9(11)12/h1-4H,5-6,10H2. The molecule has 0 atom stereocenters. The van der Waals surface area contributed by atoms with Crippen molar-refractivity contribution in [2.75, 3.05) is 6.61 Å². The van der Waals surface area contributed by atoms with E-state index in [1.807, 2.05) is 18.2 Å². The number of fused-ring (bicyclic) bond motifs is 1. The van der Waals surface area contributed by atoms with Crippen LogP contribution in [0.2, 0.25) is 0 Å². The van der Waals surface area contributed by atoms with Crippen molar-refractivity contribution in [3.05, 3.63) is 34.8 Å². The van der Waals surface area contributed by atoms with Crippen LogP contribution in [0.5, 0.6) is 0 Å². The second-order valence-electron chi connectivity index (χ2n) is 2.86. The van der Waals surface area contributed by atoms with Crippen molar-refractivity contribution in [2.45, 2.75) is 6.54 Å². The molecule has 14 heavy (non-hydrogen) atoms. The van der Waals surface area contributed by atoms with E-state index in [4.69, 9.17) is 10.3 Å². The number of hydrogen-bond donors (Lipinski definition) is 1. The summed E-state index contributed by atoms with van der Waals surface area (Å²) in [4.78, 5) is 15.8. The van der Waals surface area contributed by atoms with Crippen molar-refractivity contribution in [3.63, 3.8) is 0 Å². The fourth-order valence-electron chi connectivity index (χ4n) is 1.37. The summed E-state index contributed by atoms with van der Waals surface area (Å²) in [6.45, 7) is 0.676. The van der Waals surface area contributed by atoms with Crippen molar-refractivity contribution in [1.29, 1.82) is 0 Å². The normalized spacial score (nSPS) is 10.9. The van der Waals surface area contributed by atoms with Gasteiger partial charge in [-0.05, 0) is 12.1 Å². The van der Waals surface area contributed by atoms with E-state index in [0.29, 0.717) is 12.1 Å². The van der Waals surface area contributed by atoms with Crippen LogP contribution in [0.3, 0.4) is 0 Å². The second kappa shape index (κ2) is 3.65. The molecule has 1 aromatic carbocycles. The highest BCUT2D eigenvalue weighted by molar-refractivity contribution is 5.72. The van der Waals surface area contributed by atoms with Crippen LogP contribution in [-0.2, 0) is 11.4 Å². The molecule has 0 spiro atoms. The number of nitrogens with two attached hydrogens (primary N) is 1. The summed E-state index contributed by atoms with van der Waals surface area (Å²) in [6, 6.07) is 7.22. The molecule has 0 fully saturated rings. The van der Waals surface area contributed by atoms with Crippen LogP contribution in [0.25, 0.3) is 11.1 Å². The fourth-order valence-corrected chi connectivity index (χ4v) is 1.37. The summed E-state index contributed by atoms with van der Waals surface area (Å²) in [5, 5.41) is 0. The average molecular weight is 194 g/mol. The van der Waals surface area contributed by atoms with Crippen LogP contribution in [0.15, 0.2) is 33.5 Å². The molecule has 0 bridgehead atoms. The van der Waals surface area contributed by atoms with Gasteiger partial charge in [0.25, 0.3) is 0 Å². The third-order valence-electron chi connectivity index (χ3n) is 2.01. The molecule has 0 amide bonds. The minimum atomic E-state index is -0.386. The van der Waals surface area contributed by atoms with Gasteiger partial charge >= 0.3 is 5.76 Å². The van der Waals surface area contributed by atoms with Crippen LogP contribution in [0.1, 0.15) is 0 Å². The predicted molar refractivity (Wildman–Crippen MR) is 50.6 cm³/mol. The quantitative estimate of drug-likeness (QED) is 0.721. The van der Waals surface area contributed by atoms with Gasteiger partial charge in [0.15, 0.2) is 5.58 Å². The van der Waals surface area contributed by atoms with Gasteiger partial charge in [-0.15, -0.1) is 0 Å². The molecule has 2 rings (SSSR count). The van der Waals surface area contributed by atoms with Crippen LogP contribution in [0.4, 0.5) is 0 Å². The Kier molecular flexibility index (Phi) is 2.34. The minimum absolute atomic E-state index is 0.281. The first-order valence-corrected chi connectivity index (χ1v) is 4.23. The maximum Gasteiger partial charge on any atom is 0.420 e. The maximum atomic E-state index is 11.3. The van der Waals surface area contributed by atoms with E-state index >= 15 is 0 Å². The highest BCUT2D eigenvalue weighted by Gasteiger charge is 2.06. The van der Waals surface area contributed by atoms with Crippen molar-refractivity contribution >= 4 is 11.1 Å². The van der Waals surface area contributed by atoms with Gasteiger partial charge in [0, 0.05) is 0 Å². The number of hydrogen-bond acceptors (Lipinski definition) is 4. The minimum Gasteiger partial charge on any atom is -0.408 e. The summed E-state index contributed by atoms with van der Waals surface area (Å²) in [5.41, 5.74) is 1.34. The lowest BCUT2D eigenvalue weighted by Crippen LogP contribution is -2.18. The fraction of sp³-hybridized carbons (Fsp3) is 0.222. The Morgan fingerprint density at radius 2 is 2.21 bits per heavy atom. The number of aromatic nitrogens is 1. The molecule has 5 nitrogen and oxygen atoms in total. The number of rotatable bonds is 3. The molecule has 0 aliphatic rings. The van der Waals surface area contributed by atoms with Gasteiger partial charge in [-0.1, -0.05) is 12.1 Å². The smallest absolute Gasteiger partial charge is 0.408 e. The molecule has 2 N–H and O–H groups in total. The molecule has 1 heterocycles. The van der Waals surface area contributed by atoms with Gasteiger partial charge in [0.1, 0.15) is 0 Å². The van der Waals surface area contributed by atoms with Crippen LogP contribution >= 0.6 is 0 Å². The molecule has 0 saturated carbocycles.